The number of carbonyl (C=O) groups is 1. The molecule has 8 heteroatoms. The van der Waals surface area contributed by atoms with E-state index in [9.17, 15) is 13.2 Å². The van der Waals surface area contributed by atoms with E-state index in [2.05, 4.69) is 9.71 Å². The second-order valence-electron chi connectivity index (χ2n) is 3.22. The summed E-state index contributed by atoms with van der Waals surface area (Å²) in [5, 5.41) is 7.09. The number of sulfonamides is 1. The summed E-state index contributed by atoms with van der Waals surface area (Å²) in [6, 6.07) is 2.89. The first-order chi connectivity index (χ1) is 7.86. The smallest absolute Gasteiger partial charge is 0.323 e. The van der Waals surface area contributed by atoms with Gasteiger partial charge in [-0.25, -0.2) is 13.4 Å². The van der Waals surface area contributed by atoms with Gasteiger partial charge in [0.2, 0.25) is 15.9 Å². The summed E-state index contributed by atoms with van der Waals surface area (Å²) in [6.45, 7) is 1.08. The average Bonchev–Trinajstić information content (AvgIpc) is 2.28. The van der Waals surface area contributed by atoms with Gasteiger partial charge in [0.1, 0.15) is 0 Å². The topological polar surface area (TPSA) is 106 Å². The number of aliphatic carboxylic acids is 1. The molecule has 1 rings (SSSR count). The van der Waals surface area contributed by atoms with Crippen molar-refractivity contribution in [3.63, 3.8) is 0 Å². The van der Waals surface area contributed by atoms with E-state index in [-0.39, 0.29) is 5.69 Å². The quantitative estimate of drug-likeness (QED) is 0.789. The minimum atomic E-state index is -3.96. The highest BCUT2D eigenvalue weighted by atomic mass is 32.2. The molecule has 1 aromatic heterocycles. The molecule has 1 aromatic rings. The van der Waals surface area contributed by atoms with E-state index < -0.39 is 21.2 Å². The molecule has 0 saturated heterocycles. The number of hydrogen-bond donors (Lipinski definition) is 2. The highest BCUT2D eigenvalue weighted by Crippen LogP contribution is 2.14. The number of nitrogens with zero attached hydrogens (tertiary/aromatic N) is 1. The number of ether oxygens (including phenoxy) is 1. The van der Waals surface area contributed by atoms with Crippen molar-refractivity contribution >= 4 is 21.7 Å². The summed E-state index contributed by atoms with van der Waals surface area (Å²) in [7, 11) is -2.53. The number of pyridine rings is 1. The zero-order valence-corrected chi connectivity index (χ0v) is 10.1. The number of carboxylic acids is 1. The van der Waals surface area contributed by atoms with Crippen LogP contribution in [0.15, 0.2) is 18.3 Å². The van der Waals surface area contributed by atoms with Crippen LogP contribution in [0.4, 0.5) is 5.69 Å². The zero-order chi connectivity index (χ0) is 13.1. The molecule has 7 nitrogen and oxygen atoms in total. The Bertz CT molecular complexity index is 497. The van der Waals surface area contributed by atoms with Crippen LogP contribution in [-0.2, 0) is 14.8 Å². The summed E-state index contributed by atoms with van der Waals surface area (Å²) in [6.07, 6.45) is 1.24. The van der Waals surface area contributed by atoms with Gasteiger partial charge in [-0.15, -0.1) is 0 Å². The summed E-state index contributed by atoms with van der Waals surface area (Å²) >= 11 is 0. The van der Waals surface area contributed by atoms with Gasteiger partial charge in [0.25, 0.3) is 0 Å². The van der Waals surface area contributed by atoms with Gasteiger partial charge in [-0.3, -0.25) is 9.52 Å². The predicted molar refractivity (Wildman–Crippen MR) is 60.4 cm³/mol. The first-order valence-corrected chi connectivity index (χ1v) is 6.16. The SMILES string of the molecule is COc1ccc(NS(=O)(=O)C(C)C(=O)O)cn1. The second kappa shape index (κ2) is 5.00. The third-order valence-electron chi connectivity index (χ3n) is 2.02. The molecule has 0 bridgehead atoms. The van der Waals surface area contributed by atoms with E-state index >= 15 is 0 Å². The fourth-order valence-electron chi connectivity index (χ4n) is 0.947. The first-order valence-electron chi connectivity index (χ1n) is 4.61. The highest BCUT2D eigenvalue weighted by Gasteiger charge is 2.27. The third kappa shape index (κ3) is 3.31. The number of carboxylic acid groups (broad SMARTS) is 1. The largest absolute Gasteiger partial charge is 0.481 e. The third-order valence-corrected chi connectivity index (χ3v) is 3.67. The summed E-state index contributed by atoms with van der Waals surface area (Å²) < 4.78 is 30.0. The van der Waals surface area contributed by atoms with Crippen LogP contribution in [0.3, 0.4) is 0 Å². The summed E-state index contributed by atoms with van der Waals surface area (Å²) in [4.78, 5) is 14.4. The number of anilines is 1. The monoisotopic (exact) mass is 260 g/mol. The summed E-state index contributed by atoms with van der Waals surface area (Å²) in [5.41, 5.74) is 0.180. The highest BCUT2D eigenvalue weighted by molar-refractivity contribution is 7.94. The van der Waals surface area contributed by atoms with E-state index in [0.717, 1.165) is 6.92 Å². The van der Waals surface area contributed by atoms with Gasteiger partial charge in [0.15, 0.2) is 5.25 Å². The van der Waals surface area contributed by atoms with Gasteiger partial charge in [0.05, 0.1) is 19.0 Å². The maximum Gasteiger partial charge on any atom is 0.323 e. The van der Waals surface area contributed by atoms with Gasteiger partial charge in [-0.05, 0) is 13.0 Å². The first kappa shape index (κ1) is 13.2. The molecular weight excluding hydrogens is 248 g/mol. The normalized spacial score (nSPS) is 12.8. The molecule has 2 N–H and O–H groups in total. The fourth-order valence-corrected chi connectivity index (χ4v) is 1.84. The van der Waals surface area contributed by atoms with E-state index in [1.165, 1.54) is 25.4 Å². The van der Waals surface area contributed by atoms with E-state index in [1.54, 1.807) is 0 Å². The van der Waals surface area contributed by atoms with E-state index in [4.69, 9.17) is 9.84 Å². The Balaban J connectivity index is 2.86. The molecule has 0 aliphatic heterocycles. The van der Waals surface area contributed by atoms with E-state index in [1.807, 2.05) is 0 Å². The molecule has 1 heterocycles. The zero-order valence-electron chi connectivity index (χ0n) is 9.25. The molecule has 0 spiro atoms. The number of rotatable bonds is 5. The standard InChI is InChI=1S/C9H12N2O5S/c1-6(9(12)13)17(14,15)11-7-3-4-8(16-2)10-5-7/h3-6,11H,1-2H3,(H,12,13). The minimum absolute atomic E-state index is 0.180. The van der Waals surface area contributed by atoms with Crippen LogP contribution >= 0.6 is 0 Å². The number of aromatic nitrogens is 1. The molecular formula is C9H12N2O5S. The van der Waals surface area contributed by atoms with Crippen LogP contribution in [0.25, 0.3) is 0 Å². The number of hydrogen-bond acceptors (Lipinski definition) is 5. The Hall–Kier alpha value is -1.83. The lowest BCUT2D eigenvalue weighted by molar-refractivity contribution is -0.136. The van der Waals surface area contributed by atoms with Gasteiger partial charge in [-0.1, -0.05) is 0 Å². The maximum atomic E-state index is 11.5. The van der Waals surface area contributed by atoms with Crippen LogP contribution in [0.2, 0.25) is 0 Å². The number of methoxy groups -OCH3 is 1. The Morgan fingerprint density at radius 3 is 2.59 bits per heavy atom. The van der Waals surface area contributed by atoms with Crippen molar-refractivity contribution in [2.45, 2.75) is 12.2 Å². The predicted octanol–water partition coefficient (Wildman–Crippen LogP) is 0.305. The Kier molecular flexibility index (Phi) is 3.89. The van der Waals surface area contributed by atoms with Crippen LogP contribution in [0.1, 0.15) is 6.92 Å². The van der Waals surface area contributed by atoms with Gasteiger partial charge >= 0.3 is 5.97 Å². The molecule has 0 aromatic carbocycles. The summed E-state index contributed by atoms with van der Waals surface area (Å²) in [5.74, 6) is -1.08. The van der Waals surface area contributed by atoms with Crippen molar-refractivity contribution < 1.29 is 23.1 Å². The molecule has 0 fully saturated rings. The molecule has 0 saturated carbocycles. The van der Waals surface area contributed by atoms with Crippen LogP contribution in [0, 0.1) is 0 Å². The van der Waals surface area contributed by atoms with Crippen LogP contribution < -0.4 is 9.46 Å². The van der Waals surface area contributed by atoms with Crippen molar-refractivity contribution in [2.24, 2.45) is 0 Å². The lowest BCUT2D eigenvalue weighted by atomic mass is 10.4. The van der Waals surface area contributed by atoms with Gasteiger partial charge in [-0.2, -0.15) is 0 Å². The van der Waals surface area contributed by atoms with Crippen molar-refractivity contribution in [3.8, 4) is 5.88 Å². The van der Waals surface area contributed by atoms with Crippen LogP contribution in [0.5, 0.6) is 5.88 Å². The van der Waals surface area contributed by atoms with Crippen molar-refractivity contribution in [1.82, 2.24) is 4.98 Å². The minimum Gasteiger partial charge on any atom is -0.481 e. The van der Waals surface area contributed by atoms with Gasteiger partial charge in [0, 0.05) is 6.07 Å². The Morgan fingerprint density at radius 1 is 1.53 bits per heavy atom. The molecule has 1 atom stereocenters. The molecule has 0 amide bonds. The molecule has 1 unspecified atom stereocenters. The van der Waals surface area contributed by atoms with Crippen LogP contribution in [-0.4, -0.2) is 36.8 Å². The molecule has 0 radical (unpaired) electrons. The van der Waals surface area contributed by atoms with Gasteiger partial charge < -0.3 is 9.84 Å². The average molecular weight is 260 g/mol. The maximum absolute atomic E-state index is 11.5. The molecule has 94 valence electrons. The Labute approximate surface area is 98.5 Å². The number of nitrogens with one attached hydrogen (secondary N) is 1. The second-order valence-corrected chi connectivity index (χ2v) is 5.22. The fraction of sp³-hybridized carbons (Fsp3) is 0.333. The van der Waals surface area contributed by atoms with Crippen molar-refractivity contribution in [2.75, 3.05) is 11.8 Å². The molecule has 17 heavy (non-hydrogen) atoms. The lowest BCUT2D eigenvalue weighted by Gasteiger charge is -2.10. The van der Waals surface area contributed by atoms with E-state index in [0.29, 0.717) is 5.88 Å². The van der Waals surface area contributed by atoms with Crippen molar-refractivity contribution in [3.05, 3.63) is 18.3 Å². The molecule has 0 aliphatic carbocycles. The Morgan fingerprint density at radius 2 is 2.18 bits per heavy atom. The lowest BCUT2D eigenvalue weighted by Crippen LogP contribution is -2.32. The van der Waals surface area contributed by atoms with Crippen molar-refractivity contribution in [1.29, 1.82) is 0 Å². The molecule has 0 aliphatic rings.